The molecule has 1 nitrogen and oxygen atoms in total. The molecule has 0 aliphatic carbocycles. The highest BCUT2D eigenvalue weighted by Crippen LogP contribution is 2.25. The fraction of sp³-hybridized carbons (Fsp3) is 0.571. The largest absolute Gasteiger partial charge is 0.281 e. The number of rotatable bonds is 1. The standard InChI is InChI=1S/C6H7F2NS.CH4/c1-3-5(6(7)8)9-4(2)10-3;/h6H,1-2H3;1H4. The molecule has 64 valence electrons. The summed E-state index contributed by atoms with van der Waals surface area (Å²) in [7, 11) is 0. The Hall–Kier alpha value is -0.510. The van der Waals surface area contributed by atoms with Gasteiger partial charge in [0.15, 0.2) is 0 Å². The fourth-order valence-corrected chi connectivity index (χ4v) is 1.57. The van der Waals surface area contributed by atoms with Crippen LogP contribution in [-0.2, 0) is 0 Å². The summed E-state index contributed by atoms with van der Waals surface area (Å²) in [5.74, 6) is 0. The summed E-state index contributed by atoms with van der Waals surface area (Å²) < 4.78 is 24.0. The molecule has 1 rings (SSSR count). The molecule has 0 N–H and O–H groups in total. The van der Waals surface area contributed by atoms with E-state index in [2.05, 4.69) is 4.98 Å². The van der Waals surface area contributed by atoms with Gasteiger partial charge in [0.25, 0.3) is 6.43 Å². The third kappa shape index (κ3) is 2.22. The van der Waals surface area contributed by atoms with E-state index in [1.54, 1.807) is 13.8 Å². The molecule has 1 aromatic heterocycles. The average molecular weight is 179 g/mol. The molecule has 0 aromatic carbocycles. The number of thiazole rings is 1. The van der Waals surface area contributed by atoms with E-state index in [0.29, 0.717) is 9.88 Å². The van der Waals surface area contributed by atoms with Crippen molar-refractivity contribution in [3.05, 3.63) is 15.6 Å². The van der Waals surface area contributed by atoms with Crippen molar-refractivity contribution in [2.75, 3.05) is 0 Å². The van der Waals surface area contributed by atoms with Crippen molar-refractivity contribution >= 4 is 11.3 Å². The highest BCUT2D eigenvalue weighted by molar-refractivity contribution is 7.11. The first-order valence-corrected chi connectivity index (χ1v) is 3.65. The number of alkyl halides is 2. The lowest BCUT2D eigenvalue weighted by Crippen LogP contribution is -1.85. The van der Waals surface area contributed by atoms with Crippen molar-refractivity contribution in [3.8, 4) is 0 Å². The predicted octanol–water partition coefficient (Wildman–Crippen LogP) is 3.33. The van der Waals surface area contributed by atoms with Crippen molar-refractivity contribution < 1.29 is 8.78 Å². The first kappa shape index (κ1) is 10.5. The Morgan fingerprint density at radius 1 is 1.36 bits per heavy atom. The molecule has 0 saturated carbocycles. The zero-order valence-electron chi connectivity index (χ0n) is 5.69. The minimum Gasteiger partial charge on any atom is -0.240 e. The van der Waals surface area contributed by atoms with Crippen LogP contribution in [0.25, 0.3) is 0 Å². The summed E-state index contributed by atoms with van der Waals surface area (Å²) in [6.07, 6.45) is -2.43. The van der Waals surface area contributed by atoms with E-state index in [-0.39, 0.29) is 13.1 Å². The van der Waals surface area contributed by atoms with Gasteiger partial charge in [0.05, 0.1) is 5.01 Å². The smallest absolute Gasteiger partial charge is 0.240 e. The Bertz CT molecular complexity index is 232. The molecule has 0 aliphatic heterocycles. The second-order valence-electron chi connectivity index (χ2n) is 1.98. The SMILES string of the molecule is C.Cc1nc(C(F)F)c(C)s1. The maximum Gasteiger partial charge on any atom is 0.281 e. The van der Waals surface area contributed by atoms with Crippen LogP contribution in [0.4, 0.5) is 8.78 Å². The van der Waals surface area contributed by atoms with Gasteiger partial charge in [-0.15, -0.1) is 11.3 Å². The summed E-state index contributed by atoms with van der Waals surface area (Å²) in [5.41, 5.74) is -0.0671. The maximum atomic E-state index is 12.0. The normalized spacial score (nSPS) is 9.91. The number of hydrogen-bond acceptors (Lipinski definition) is 2. The van der Waals surface area contributed by atoms with E-state index in [4.69, 9.17) is 0 Å². The average Bonchev–Trinajstić information content (AvgIpc) is 2.10. The molecular weight excluding hydrogens is 168 g/mol. The van der Waals surface area contributed by atoms with Crippen LogP contribution in [0.2, 0.25) is 0 Å². The van der Waals surface area contributed by atoms with E-state index in [0.717, 1.165) is 0 Å². The molecule has 11 heavy (non-hydrogen) atoms. The minimum atomic E-state index is -2.43. The van der Waals surface area contributed by atoms with Gasteiger partial charge in [0.1, 0.15) is 5.69 Å². The zero-order chi connectivity index (χ0) is 7.72. The van der Waals surface area contributed by atoms with Gasteiger partial charge < -0.3 is 0 Å². The Morgan fingerprint density at radius 2 is 1.91 bits per heavy atom. The lowest BCUT2D eigenvalue weighted by molar-refractivity contribution is 0.146. The molecule has 0 unspecified atom stereocenters. The second kappa shape index (κ2) is 3.76. The van der Waals surface area contributed by atoms with Crippen molar-refractivity contribution in [2.24, 2.45) is 0 Å². The molecule has 4 heteroatoms. The molecule has 0 fully saturated rings. The van der Waals surface area contributed by atoms with Crippen LogP contribution in [0.1, 0.15) is 29.4 Å². The minimum absolute atomic E-state index is 0. The van der Waals surface area contributed by atoms with E-state index in [1.807, 2.05) is 0 Å². The van der Waals surface area contributed by atoms with Gasteiger partial charge in [-0.05, 0) is 13.8 Å². The third-order valence-corrected chi connectivity index (χ3v) is 2.05. The Labute approximate surface area is 69.1 Å². The maximum absolute atomic E-state index is 12.0. The van der Waals surface area contributed by atoms with Gasteiger partial charge >= 0.3 is 0 Å². The van der Waals surface area contributed by atoms with Crippen LogP contribution in [0.15, 0.2) is 0 Å². The van der Waals surface area contributed by atoms with Crippen molar-refractivity contribution in [1.29, 1.82) is 0 Å². The topological polar surface area (TPSA) is 12.9 Å². The Morgan fingerprint density at radius 3 is 2.09 bits per heavy atom. The number of halogens is 2. The summed E-state index contributed by atoms with van der Waals surface area (Å²) in [6, 6.07) is 0. The van der Waals surface area contributed by atoms with Gasteiger partial charge in [0.2, 0.25) is 0 Å². The van der Waals surface area contributed by atoms with Crippen LogP contribution in [0.5, 0.6) is 0 Å². The van der Waals surface area contributed by atoms with Crippen molar-refractivity contribution in [2.45, 2.75) is 27.7 Å². The van der Waals surface area contributed by atoms with Crippen LogP contribution in [-0.4, -0.2) is 4.98 Å². The second-order valence-corrected chi connectivity index (χ2v) is 3.38. The van der Waals surface area contributed by atoms with Crippen molar-refractivity contribution in [3.63, 3.8) is 0 Å². The molecule has 0 radical (unpaired) electrons. The number of aryl methyl sites for hydroxylation is 2. The monoisotopic (exact) mass is 179 g/mol. The summed E-state index contributed by atoms with van der Waals surface area (Å²) in [4.78, 5) is 4.30. The summed E-state index contributed by atoms with van der Waals surface area (Å²) in [5, 5.41) is 0.702. The lowest BCUT2D eigenvalue weighted by atomic mass is 10.4. The van der Waals surface area contributed by atoms with Gasteiger partial charge in [-0.3, -0.25) is 0 Å². The fourth-order valence-electron chi connectivity index (χ4n) is 0.747. The Balaban J connectivity index is 0.000001000. The third-order valence-electron chi connectivity index (χ3n) is 1.15. The Kier molecular flexibility index (Phi) is 3.58. The molecule has 1 aromatic rings. The van der Waals surface area contributed by atoms with Gasteiger partial charge in [-0.2, -0.15) is 0 Å². The number of nitrogens with zero attached hydrogens (tertiary/aromatic N) is 1. The van der Waals surface area contributed by atoms with E-state index in [1.165, 1.54) is 11.3 Å². The summed E-state index contributed by atoms with van der Waals surface area (Å²) >= 11 is 1.31. The molecule has 0 atom stereocenters. The van der Waals surface area contributed by atoms with Gasteiger partial charge in [0, 0.05) is 4.88 Å². The highest BCUT2D eigenvalue weighted by Gasteiger charge is 2.14. The molecular formula is C7H11F2NS. The molecule has 0 bridgehead atoms. The molecule has 0 spiro atoms. The first-order chi connectivity index (χ1) is 4.61. The quantitative estimate of drug-likeness (QED) is 0.644. The van der Waals surface area contributed by atoms with E-state index >= 15 is 0 Å². The first-order valence-electron chi connectivity index (χ1n) is 2.83. The zero-order valence-corrected chi connectivity index (χ0v) is 6.51. The highest BCUT2D eigenvalue weighted by atomic mass is 32.1. The summed E-state index contributed by atoms with van der Waals surface area (Å²) in [6.45, 7) is 3.38. The predicted molar refractivity (Wildman–Crippen MR) is 43.3 cm³/mol. The number of hydrogen-bond donors (Lipinski definition) is 0. The van der Waals surface area contributed by atoms with Gasteiger partial charge in [-0.25, -0.2) is 13.8 Å². The lowest BCUT2D eigenvalue weighted by Gasteiger charge is -1.91. The molecule has 0 amide bonds. The van der Waals surface area contributed by atoms with Gasteiger partial charge in [-0.1, -0.05) is 7.43 Å². The van der Waals surface area contributed by atoms with E-state index in [9.17, 15) is 8.78 Å². The van der Waals surface area contributed by atoms with Crippen LogP contribution >= 0.6 is 11.3 Å². The molecule has 0 saturated heterocycles. The molecule has 0 aliphatic rings. The van der Waals surface area contributed by atoms with E-state index < -0.39 is 6.43 Å². The number of aromatic nitrogens is 1. The molecule has 1 heterocycles. The van der Waals surface area contributed by atoms with Crippen LogP contribution < -0.4 is 0 Å². The van der Waals surface area contributed by atoms with Crippen LogP contribution in [0.3, 0.4) is 0 Å². The van der Waals surface area contributed by atoms with Crippen LogP contribution in [0, 0.1) is 13.8 Å². The van der Waals surface area contributed by atoms with Crippen molar-refractivity contribution in [1.82, 2.24) is 4.98 Å².